The zero-order valence-electron chi connectivity index (χ0n) is 12.6. The lowest BCUT2D eigenvalue weighted by Crippen LogP contribution is -2.49. The van der Waals surface area contributed by atoms with Gasteiger partial charge < -0.3 is 15.4 Å². The van der Waals surface area contributed by atoms with Crippen LogP contribution in [0.2, 0.25) is 0 Å². The van der Waals surface area contributed by atoms with Crippen molar-refractivity contribution in [2.75, 3.05) is 6.61 Å². The molecule has 2 rings (SSSR count). The van der Waals surface area contributed by atoms with Crippen LogP contribution in [0.5, 0.6) is 0 Å². The van der Waals surface area contributed by atoms with Crippen molar-refractivity contribution in [2.45, 2.75) is 45.2 Å². The van der Waals surface area contributed by atoms with Crippen molar-refractivity contribution >= 4 is 12.0 Å². The highest BCUT2D eigenvalue weighted by Gasteiger charge is 2.23. The Bertz CT molecular complexity index is 613. The fourth-order valence-corrected chi connectivity index (χ4v) is 2.41. The average Bonchev–Trinajstić information content (AvgIpc) is 2.46. The fourth-order valence-electron chi connectivity index (χ4n) is 2.41. The van der Waals surface area contributed by atoms with Gasteiger partial charge in [0.05, 0.1) is 12.3 Å². The molecule has 1 aliphatic rings. The van der Waals surface area contributed by atoms with Crippen molar-refractivity contribution in [1.82, 2.24) is 20.8 Å². The molecule has 1 aromatic rings. The molecule has 0 radical (unpaired) electrons. The lowest BCUT2D eigenvalue weighted by Gasteiger charge is -2.25. The molecule has 8 heteroatoms. The summed E-state index contributed by atoms with van der Waals surface area (Å²) in [5.41, 5.74) is 1.46. The number of nitrogens with one attached hydrogen (secondary N) is 3. The molecule has 1 aromatic heterocycles. The average molecular weight is 308 g/mol. The second-order valence-corrected chi connectivity index (χ2v) is 5.24. The third kappa shape index (κ3) is 4.06. The van der Waals surface area contributed by atoms with Gasteiger partial charge in [0.2, 0.25) is 0 Å². The predicted octanol–water partition coefficient (Wildman–Crippen LogP) is -0.122. The summed E-state index contributed by atoms with van der Waals surface area (Å²) in [4.78, 5) is 34.6. The van der Waals surface area contributed by atoms with Crippen molar-refractivity contribution in [3.05, 3.63) is 27.7 Å². The molecule has 0 aromatic carbocycles. The van der Waals surface area contributed by atoms with Gasteiger partial charge in [-0.2, -0.15) is 5.10 Å². The number of aryl methyl sites for hydroxylation is 1. The summed E-state index contributed by atoms with van der Waals surface area (Å²) in [6.07, 6.45) is 1.96. The van der Waals surface area contributed by atoms with Crippen LogP contribution in [0.1, 0.15) is 31.5 Å². The summed E-state index contributed by atoms with van der Waals surface area (Å²) in [5, 5.41) is 11.8. The van der Waals surface area contributed by atoms with E-state index >= 15 is 0 Å². The van der Waals surface area contributed by atoms with Gasteiger partial charge in [0, 0.05) is 12.1 Å². The molecule has 1 aliphatic carbocycles. The maximum Gasteiger partial charge on any atom is 0.328 e. The minimum absolute atomic E-state index is 0.0921. The molecular formula is C14H20N4O4. The number of hydrogen-bond acceptors (Lipinski definition) is 5. The first-order chi connectivity index (χ1) is 10.5. The number of H-pyrrole nitrogens is 1. The summed E-state index contributed by atoms with van der Waals surface area (Å²) in [6, 6.07) is 0.285. The van der Waals surface area contributed by atoms with E-state index in [1.54, 1.807) is 13.8 Å². The molecule has 2 atom stereocenters. The summed E-state index contributed by atoms with van der Waals surface area (Å²) < 4.78 is 4.83. The Morgan fingerprint density at radius 1 is 1.55 bits per heavy atom. The van der Waals surface area contributed by atoms with E-state index in [-0.39, 0.29) is 18.2 Å². The van der Waals surface area contributed by atoms with Crippen LogP contribution >= 0.6 is 0 Å². The first kappa shape index (κ1) is 16.0. The van der Waals surface area contributed by atoms with Gasteiger partial charge in [-0.15, -0.1) is 0 Å². The van der Waals surface area contributed by atoms with E-state index in [2.05, 4.69) is 20.8 Å². The highest BCUT2D eigenvalue weighted by Crippen LogP contribution is 2.17. The molecule has 2 unspecified atom stereocenters. The van der Waals surface area contributed by atoms with Crippen molar-refractivity contribution in [3.63, 3.8) is 0 Å². The molecule has 0 fully saturated rings. The van der Waals surface area contributed by atoms with Gasteiger partial charge in [-0.05, 0) is 38.7 Å². The molecule has 8 nitrogen and oxygen atoms in total. The smallest absolute Gasteiger partial charge is 0.328 e. The number of urea groups is 1. The summed E-state index contributed by atoms with van der Waals surface area (Å²) in [5.74, 6) is -0.470. The number of ether oxygens (including phenoxy) is 1. The van der Waals surface area contributed by atoms with E-state index in [0.717, 1.165) is 17.7 Å². The minimum atomic E-state index is -0.708. The van der Waals surface area contributed by atoms with Gasteiger partial charge in [-0.3, -0.25) is 4.79 Å². The maximum atomic E-state index is 11.9. The number of amides is 2. The maximum absolute atomic E-state index is 11.9. The van der Waals surface area contributed by atoms with Crippen LogP contribution in [0, 0.1) is 0 Å². The minimum Gasteiger partial charge on any atom is -0.464 e. The zero-order chi connectivity index (χ0) is 16.1. The largest absolute Gasteiger partial charge is 0.464 e. The molecule has 0 bridgehead atoms. The van der Waals surface area contributed by atoms with Crippen LogP contribution in [0.4, 0.5) is 4.79 Å². The van der Waals surface area contributed by atoms with Crippen LogP contribution in [0.15, 0.2) is 10.9 Å². The van der Waals surface area contributed by atoms with Crippen molar-refractivity contribution in [1.29, 1.82) is 0 Å². The number of esters is 1. The number of aromatic amines is 1. The van der Waals surface area contributed by atoms with E-state index < -0.39 is 18.0 Å². The van der Waals surface area contributed by atoms with Crippen LogP contribution < -0.4 is 16.2 Å². The van der Waals surface area contributed by atoms with Crippen molar-refractivity contribution in [2.24, 2.45) is 0 Å². The Morgan fingerprint density at radius 2 is 2.32 bits per heavy atom. The molecule has 0 spiro atoms. The summed E-state index contributed by atoms with van der Waals surface area (Å²) in [7, 11) is 0. The number of hydrogen-bond donors (Lipinski definition) is 3. The SMILES string of the molecule is CCOC(=O)C(C)NC(=O)NC1CCc2n[nH]c(=O)cc2C1. The lowest BCUT2D eigenvalue weighted by atomic mass is 9.92. The van der Waals surface area contributed by atoms with E-state index in [1.807, 2.05) is 0 Å². The number of nitrogens with zero attached hydrogens (tertiary/aromatic N) is 1. The number of carbonyl (C=O) groups excluding carboxylic acids is 2. The molecule has 1 heterocycles. The standard InChI is InChI=1S/C14H20N4O4/c1-3-22-13(20)8(2)15-14(21)16-10-4-5-11-9(6-10)7-12(19)18-17-11/h7-8,10H,3-6H2,1-2H3,(H,18,19)(H2,15,16,21). The second kappa shape index (κ2) is 7.06. The Balaban J connectivity index is 1.88. The van der Waals surface area contributed by atoms with Gasteiger partial charge in [0.15, 0.2) is 0 Å². The molecular weight excluding hydrogens is 288 g/mol. The monoisotopic (exact) mass is 308 g/mol. The van der Waals surface area contributed by atoms with Crippen LogP contribution in [-0.4, -0.2) is 40.9 Å². The zero-order valence-corrected chi connectivity index (χ0v) is 12.6. The third-order valence-electron chi connectivity index (χ3n) is 3.50. The topological polar surface area (TPSA) is 113 Å². The predicted molar refractivity (Wildman–Crippen MR) is 78.4 cm³/mol. The second-order valence-electron chi connectivity index (χ2n) is 5.24. The summed E-state index contributed by atoms with van der Waals surface area (Å²) >= 11 is 0. The first-order valence-electron chi connectivity index (χ1n) is 7.30. The number of aromatic nitrogens is 2. The van der Waals surface area contributed by atoms with Crippen molar-refractivity contribution in [3.8, 4) is 0 Å². The number of carbonyl (C=O) groups is 2. The van der Waals surface area contributed by atoms with E-state index in [1.165, 1.54) is 6.07 Å². The van der Waals surface area contributed by atoms with Crippen LogP contribution in [0.25, 0.3) is 0 Å². The first-order valence-corrected chi connectivity index (χ1v) is 7.30. The van der Waals surface area contributed by atoms with Gasteiger partial charge in [-0.25, -0.2) is 14.7 Å². The van der Waals surface area contributed by atoms with Gasteiger partial charge in [-0.1, -0.05) is 0 Å². The van der Waals surface area contributed by atoms with Gasteiger partial charge in [0.25, 0.3) is 5.56 Å². The Hall–Kier alpha value is -2.38. The Labute approximate surface area is 127 Å². The number of fused-ring (bicyclic) bond motifs is 1. The molecule has 0 aliphatic heterocycles. The van der Waals surface area contributed by atoms with Crippen molar-refractivity contribution < 1.29 is 14.3 Å². The molecule has 0 saturated carbocycles. The molecule has 3 N–H and O–H groups in total. The Kier molecular flexibility index (Phi) is 5.13. The van der Waals surface area contributed by atoms with Gasteiger partial charge >= 0.3 is 12.0 Å². The lowest BCUT2D eigenvalue weighted by molar-refractivity contribution is -0.144. The Morgan fingerprint density at radius 3 is 3.05 bits per heavy atom. The summed E-state index contributed by atoms with van der Waals surface area (Å²) in [6.45, 7) is 3.55. The molecule has 0 saturated heterocycles. The molecule has 120 valence electrons. The third-order valence-corrected chi connectivity index (χ3v) is 3.50. The van der Waals surface area contributed by atoms with Crippen LogP contribution in [0.3, 0.4) is 0 Å². The van der Waals surface area contributed by atoms with Gasteiger partial charge in [0.1, 0.15) is 6.04 Å². The normalized spacial score (nSPS) is 18.0. The quantitative estimate of drug-likeness (QED) is 0.671. The highest BCUT2D eigenvalue weighted by molar-refractivity contribution is 5.83. The number of rotatable bonds is 4. The van der Waals surface area contributed by atoms with E-state index in [0.29, 0.717) is 12.8 Å². The molecule has 2 amide bonds. The van der Waals surface area contributed by atoms with Crippen LogP contribution in [-0.2, 0) is 22.4 Å². The van der Waals surface area contributed by atoms with E-state index in [4.69, 9.17) is 4.74 Å². The van der Waals surface area contributed by atoms with E-state index in [9.17, 15) is 14.4 Å². The molecule has 22 heavy (non-hydrogen) atoms. The highest BCUT2D eigenvalue weighted by atomic mass is 16.5. The fraction of sp³-hybridized carbons (Fsp3) is 0.571.